The Labute approximate surface area is 159 Å². The van der Waals surface area contributed by atoms with Crippen LogP contribution in [0.1, 0.15) is 48.2 Å². The minimum absolute atomic E-state index is 0.0741. The van der Waals surface area contributed by atoms with Crippen LogP contribution in [0.2, 0.25) is 0 Å². The Kier molecular flexibility index (Phi) is 7.17. The van der Waals surface area contributed by atoms with Gasteiger partial charge < -0.3 is 11.1 Å². The molecule has 1 aliphatic rings. The maximum atomic E-state index is 12.1. The zero-order chi connectivity index (χ0) is 18.2. The Balaban J connectivity index is 1.47. The van der Waals surface area contributed by atoms with Crippen molar-refractivity contribution in [3.63, 3.8) is 0 Å². The number of amides is 1. The van der Waals surface area contributed by atoms with Gasteiger partial charge in [0.05, 0.1) is 5.69 Å². The van der Waals surface area contributed by atoms with Crippen molar-refractivity contribution in [3.8, 4) is 0 Å². The molecular weight excluding hydrogens is 344 g/mol. The summed E-state index contributed by atoms with van der Waals surface area (Å²) < 4.78 is 0. The maximum Gasteiger partial charge on any atom is 0.226 e. The number of nitrogens with one attached hydrogen (secondary N) is 1. The number of nitrogens with two attached hydrogens (primary N) is 1. The van der Waals surface area contributed by atoms with Crippen molar-refractivity contribution in [2.24, 2.45) is 5.73 Å². The number of hydrogen-bond donors (Lipinski definition) is 2. The number of thiazole rings is 1. The summed E-state index contributed by atoms with van der Waals surface area (Å²) in [4.78, 5) is 20.4. The van der Waals surface area contributed by atoms with E-state index >= 15 is 0 Å². The van der Waals surface area contributed by atoms with Gasteiger partial charge in [-0.1, -0.05) is 43.2 Å². The molecule has 0 radical (unpaired) electrons. The quantitative estimate of drug-likeness (QED) is 0.660. The second kappa shape index (κ2) is 9.80. The molecule has 2 heterocycles. The van der Waals surface area contributed by atoms with E-state index in [-0.39, 0.29) is 5.91 Å². The Morgan fingerprint density at radius 1 is 1.19 bits per heavy atom. The smallest absolute Gasteiger partial charge is 0.226 e. The van der Waals surface area contributed by atoms with E-state index in [0.717, 1.165) is 69.1 Å². The average molecular weight is 373 g/mol. The van der Waals surface area contributed by atoms with Crippen LogP contribution in [0.4, 0.5) is 5.13 Å². The van der Waals surface area contributed by atoms with E-state index in [1.165, 1.54) is 10.4 Å². The molecule has 26 heavy (non-hydrogen) atoms. The average Bonchev–Trinajstić information content (AvgIpc) is 3.04. The zero-order valence-electron chi connectivity index (χ0n) is 15.2. The number of nitrogens with zero attached hydrogens (tertiary/aromatic N) is 2. The van der Waals surface area contributed by atoms with E-state index < -0.39 is 0 Å². The predicted octanol–water partition coefficient (Wildman–Crippen LogP) is 3.55. The van der Waals surface area contributed by atoms with Crippen molar-refractivity contribution in [2.75, 3.05) is 18.4 Å². The van der Waals surface area contributed by atoms with Crippen LogP contribution in [0.5, 0.6) is 0 Å². The summed E-state index contributed by atoms with van der Waals surface area (Å²) in [7, 11) is 0. The third-order valence-corrected chi connectivity index (χ3v) is 5.66. The fourth-order valence-electron chi connectivity index (χ4n) is 3.24. The van der Waals surface area contributed by atoms with Gasteiger partial charge in [0.2, 0.25) is 5.91 Å². The van der Waals surface area contributed by atoms with Crippen LogP contribution in [0.15, 0.2) is 30.3 Å². The SMILES string of the molecule is NCCCCCCC(=O)Nc1nc2c(s1)CN(Cc1ccccc1)CC2. The number of benzene rings is 1. The van der Waals surface area contributed by atoms with E-state index in [1.54, 1.807) is 11.3 Å². The minimum Gasteiger partial charge on any atom is -0.330 e. The lowest BCUT2D eigenvalue weighted by Gasteiger charge is -2.25. The molecule has 0 aliphatic carbocycles. The van der Waals surface area contributed by atoms with Crippen LogP contribution in [0.3, 0.4) is 0 Å². The van der Waals surface area contributed by atoms with E-state index in [4.69, 9.17) is 5.73 Å². The third-order valence-electron chi connectivity index (χ3n) is 4.66. The molecule has 0 unspecified atom stereocenters. The van der Waals surface area contributed by atoms with E-state index in [1.807, 2.05) is 6.07 Å². The van der Waals surface area contributed by atoms with Gasteiger partial charge in [-0.2, -0.15) is 0 Å². The van der Waals surface area contributed by atoms with Gasteiger partial charge in [-0.3, -0.25) is 9.69 Å². The molecule has 3 rings (SSSR count). The predicted molar refractivity (Wildman–Crippen MR) is 107 cm³/mol. The highest BCUT2D eigenvalue weighted by Crippen LogP contribution is 2.29. The first-order valence-electron chi connectivity index (χ1n) is 9.49. The van der Waals surface area contributed by atoms with Gasteiger partial charge in [0.15, 0.2) is 5.13 Å². The van der Waals surface area contributed by atoms with Crippen molar-refractivity contribution in [1.29, 1.82) is 0 Å². The second-order valence-corrected chi connectivity index (χ2v) is 7.92. The van der Waals surface area contributed by atoms with Crippen molar-refractivity contribution >= 4 is 22.4 Å². The first kappa shape index (κ1) is 19.0. The minimum atomic E-state index is 0.0741. The summed E-state index contributed by atoms with van der Waals surface area (Å²) in [5, 5.41) is 3.73. The molecule has 3 N–H and O–H groups in total. The molecule has 1 amide bonds. The molecule has 1 aliphatic heterocycles. The Morgan fingerprint density at radius 2 is 2.00 bits per heavy atom. The number of rotatable bonds is 9. The van der Waals surface area contributed by atoms with Crippen molar-refractivity contribution in [2.45, 2.75) is 51.6 Å². The molecule has 5 nitrogen and oxygen atoms in total. The lowest BCUT2D eigenvalue weighted by atomic mass is 10.1. The highest BCUT2D eigenvalue weighted by molar-refractivity contribution is 7.15. The highest BCUT2D eigenvalue weighted by Gasteiger charge is 2.21. The largest absolute Gasteiger partial charge is 0.330 e. The summed E-state index contributed by atoms with van der Waals surface area (Å²) in [6.45, 7) is 3.62. The zero-order valence-corrected chi connectivity index (χ0v) is 16.1. The number of anilines is 1. The summed E-state index contributed by atoms with van der Waals surface area (Å²) in [6.07, 6.45) is 5.64. The molecule has 1 aromatic heterocycles. The van der Waals surface area contributed by atoms with E-state index in [2.05, 4.69) is 39.5 Å². The standard InChI is InChI=1S/C20H28N4OS/c21-12-7-2-1-6-10-19(25)23-20-22-17-11-13-24(15-18(17)26-20)14-16-8-4-3-5-9-16/h3-5,8-9H,1-2,6-7,10-15,21H2,(H,22,23,25). The summed E-state index contributed by atoms with van der Waals surface area (Å²) in [5.74, 6) is 0.0741. The lowest BCUT2D eigenvalue weighted by Crippen LogP contribution is -2.29. The van der Waals surface area contributed by atoms with Gasteiger partial charge in [0.25, 0.3) is 0 Å². The van der Waals surface area contributed by atoms with Crippen molar-refractivity contribution in [1.82, 2.24) is 9.88 Å². The van der Waals surface area contributed by atoms with Gasteiger partial charge in [-0.05, 0) is 24.9 Å². The molecular formula is C20H28N4OS. The van der Waals surface area contributed by atoms with Gasteiger partial charge in [0.1, 0.15) is 0 Å². The molecule has 0 spiro atoms. The molecule has 0 saturated heterocycles. The molecule has 0 atom stereocenters. The van der Waals surface area contributed by atoms with Gasteiger partial charge in [-0.25, -0.2) is 4.98 Å². The summed E-state index contributed by atoms with van der Waals surface area (Å²) in [5.41, 5.74) is 7.97. The van der Waals surface area contributed by atoms with Crippen LogP contribution in [-0.4, -0.2) is 28.9 Å². The number of carbonyl (C=O) groups is 1. The van der Waals surface area contributed by atoms with Gasteiger partial charge in [-0.15, -0.1) is 11.3 Å². The van der Waals surface area contributed by atoms with Crippen LogP contribution in [0, 0.1) is 0 Å². The first-order valence-corrected chi connectivity index (χ1v) is 10.3. The molecule has 2 aromatic rings. The van der Waals surface area contributed by atoms with Crippen molar-refractivity contribution < 1.29 is 4.79 Å². The van der Waals surface area contributed by atoms with Gasteiger partial charge >= 0.3 is 0 Å². The van der Waals surface area contributed by atoms with Gasteiger partial charge in [0, 0.05) is 37.4 Å². The third kappa shape index (κ3) is 5.62. The van der Waals surface area contributed by atoms with Crippen LogP contribution >= 0.6 is 11.3 Å². The number of unbranched alkanes of at least 4 members (excludes halogenated alkanes) is 3. The first-order chi connectivity index (χ1) is 12.7. The molecule has 6 heteroatoms. The Bertz CT molecular complexity index is 701. The number of aromatic nitrogens is 1. The van der Waals surface area contributed by atoms with E-state index in [9.17, 15) is 4.79 Å². The maximum absolute atomic E-state index is 12.1. The second-order valence-electron chi connectivity index (χ2n) is 6.84. The fourth-order valence-corrected chi connectivity index (χ4v) is 4.31. The van der Waals surface area contributed by atoms with Crippen LogP contribution in [0.25, 0.3) is 0 Å². The van der Waals surface area contributed by atoms with Crippen molar-refractivity contribution in [3.05, 3.63) is 46.5 Å². The van der Waals surface area contributed by atoms with Crippen LogP contribution < -0.4 is 11.1 Å². The summed E-state index contributed by atoms with van der Waals surface area (Å²) >= 11 is 1.62. The molecule has 0 bridgehead atoms. The van der Waals surface area contributed by atoms with E-state index in [0.29, 0.717) is 6.42 Å². The molecule has 1 aromatic carbocycles. The number of carbonyl (C=O) groups excluding carboxylic acids is 1. The highest BCUT2D eigenvalue weighted by atomic mass is 32.1. The number of fused-ring (bicyclic) bond motifs is 1. The molecule has 140 valence electrons. The Hall–Kier alpha value is -1.76. The van der Waals surface area contributed by atoms with Crippen LogP contribution in [-0.2, 0) is 24.3 Å². The lowest BCUT2D eigenvalue weighted by molar-refractivity contribution is -0.116. The normalized spacial score (nSPS) is 14.2. The molecule has 0 fully saturated rings. The summed E-state index contributed by atoms with van der Waals surface area (Å²) in [6, 6.07) is 10.6. The topological polar surface area (TPSA) is 71.2 Å². The number of hydrogen-bond acceptors (Lipinski definition) is 5. The molecule has 0 saturated carbocycles. The monoisotopic (exact) mass is 372 g/mol. The Morgan fingerprint density at radius 3 is 2.81 bits per heavy atom. The fraction of sp³-hybridized carbons (Fsp3) is 0.500.